The molecule has 1 fully saturated rings. The lowest BCUT2D eigenvalue weighted by Crippen LogP contribution is -2.17. The first-order valence-electron chi connectivity index (χ1n) is 6.02. The Hall–Kier alpha value is -1.26. The lowest BCUT2D eigenvalue weighted by molar-refractivity contribution is 0.141. The van der Waals surface area contributed by atoms with Crippen LogP contribution in [0.25, 0.3) is 0 Å². The fourth-order valence-corrected chi connectivity index (χ4v) is 2.09. The molecule has 2 N–H and O–H groups in total. The molecule has 0 aromatic heterocycles. The molecule has 1 spiro atoms. The highest BCUT2D eigenvalue weighted by atomic mass is 16.6. The fraction of sp³-hybridized carbons (Fsp3) is 0.538. The molecule has 1 aliphatic heterocycles. The summed E-state index contributed by atoms with van der Waals surface area (Å²) in [6.45, 7) is 2.08. The van der Waals surface area contributed by atoms with Gasteiger partial charge in [0.15, 0.2) is 11.5 Å². The van der Waals surface area contributed by atoms with E-state index in [4.69, 9.17) is 15.4 Å². The van der Waals surface area contributed by atoms with Gasteiger partial charge < -0.3 is 14.3 Å². The zero-order valence-corrected chi connectivity index (χ0v) is 9.78. The minimum atomic E-state index is 0.291. The lowest BCUT2D eigenvalue weighted by Gasteiger charge is -2.09. The van der Waals surface area contributed by atoms with Crippen LogP contribution in [0.4, 0.5) is 0 Å². The van der Waals surface area contributed by atoms with Gasteiger partial charge in [-0.3, -0.25) is 0 Å². The molecule has 4 nitrogen and oxygen atoms in total. The van der Waals surface area contributed by atoms with Crippen molar-refractivity contribution in [1.29, 1.82) is 0 Å². The minimum Gasteiger partial charge on any atom is -0.489 e. The minimum absolute atomic E-state index is 0.291. The Kier molecular flexibility index (Phi) is 2.68. The van der Waals surface area contributed by atoms with Crippen LogP contribution in [0.2, 0.25) is 0 Å². The van der Waals surface area contributed by atoms with Crippen molar-refractivity contribution in [3.63, 3.8) is 0 Å². The van der Waals surface area contributed by atoms with E-state index in [1.807, 2.05) is 18.2 Å². The van der Waals surface area contributed by atoms with Gasteiger partial charge in [-0.05, 0) is 37.0 Å². The molecule has 1 aliphatic carbocycles. The number of nitrogens with two attached hydrogens (primary N) is 1. The summed E-state index contributed by atoms with van der Waals surface area (Å²) in [4.78, 5) is 4.59. The molecular formula is C13H17NO3. The van der Waals surface area contributed by atoms with E-state index in [-0.39, 0.29) is 0 Å². The van der Waals surface area contributed by atoms with Crippen LogP contribution in [0, 0.1) is 5.41 Å². The van der Waals surface area contributed by atoms with E-state index in [9.17, 15) is 0 Å². The average Bonchev–Trinajstić information content (AvgIpc) is 3.15. The van der Waals surface area contributed by atoms with Crippen molar-refractivity contribution in [1.82, 2.24) is 0 Å². The maximum atomic E-state index is 5.85. The van der Waals surface area contributed by atoms with Crippen LogP contribution in [0.3, 0.4) is 0 Å². The molecule has 92 valence electrons. The van der Waals surface area contributed by atoms with Gasteiger partial charge in [0.2, 0.25) is 0 Å². The zero-order chi connectivity index (χ0) is 11.7. The Morgan fingerprint density at radius 1 is 1.18 bits per heavy atom. The van der Waals surface area contributed by atoms with Crippen LogP contribution < -0.4 is 15.4 Å². The van der Waals surface area contributed by atoms with Gasteiger partial charge >= 0.3 is 0 Å². The first-order valence-corrected chi connectivity index (χ1v) is 6.02. The Labute approximate surface area is 101 Å². The Bertz CT molecular complexity index is 415. The summed E-state index contributed by atoms with van der Waals surface area (Å²) in [5.74, 6) is 6.73. The second-order valence-corrected chi connectivity index (χ2v) is 4.98. The molecule has 1 saturated carbocycles. The molecule has 1 heterocycles. The predicted molar refractivity (Wildman–Crippen MR) is 62.9 cm³/mol. The first-order chi connectivity index (χ1) is 8.31. The van der Waals surface area contributed by atoms with Crippen molar-refractivity contribution in [3.05, 3.63) is 23.8 Å². The molecule has 0 amide bonds. The summed E-state index contributed by atoms with van der Waals surface area (Å²) < 4.78 is 11.7. The lowest BCUT2D eigenvalue weighted by atomic mass is 10.1. The largest absolute Gasteiger partial charge is 0.489 e. The zero-order valence-electron chi connectivity index (χ0n) is 9.78. The number of rotatable bonds is 3. The number of benzene rings is 1. The molecule has 3 rings (SSSR count). The SMILES string of the molecule is NOCCc1ccc2c(c1)OCC1(CC1)CO2. The Morgan fingerprint density at radius 2 is 1.94 bits per heavy atom. The summed E-state index contributed by atoms with van der Waals surface area (Å²) in [7, 11) is 0. The van der Waals surface area contributed by atoms with Gasteiger partial charge in [-0.25, -0.2) is 5.90 Å². The summed E-state index contributed by atoms with van der Waals surface area (Å²) in [6.07, 6.45) is 3.22. The number of fused-ring (bicyclic) bond motifs is 1. The highest BCUT2D eigenvalue weighted by Crippen LogP contribution is 2.49. The summed E-state index contributed by atoms with van der Waals surface area (Å²) in [6, 6.07) is 6.03. The van der Waals surface area contributed by atoms with E-state index < -0.39 is 0 Å². The van der Waals surface area contributed by atoms with E-state index in [2.05, 4.69) is 4.84 Å². The quantitative estimate of drug-likeness (QED) is 0.810. The standard InChI is InChI=1S/C13H17NO3/c14-17-6-3-10-1-2-11-12(7-10)16-9-13(4-5-13)8-15-11/h1-2,7H,3-6,8-9,14H2. The maximum Gasteiger partial charge on any atom is 0.161 e. The van der Waals surface area contributed by atoms with Gasteiger partial charge in [0.1, 0.15) is 0 Å². The molecule has 4 heteroatoms. The van der Waals surface area contributed by atoms with E-state index in [1.54, 1.807) is 0 Å². The smallest absolute Gasteiger partial charge is 0.161 e. The molecule has 17 heavy (non-hydrogen) atoms. The number of hydrogen-bond donors (Lipinski definition) is 1. The molecule has 2 aliphatic rings. The van der Waals surface area contributed by atoms with Gasteiger partial charge in [-0.1, -0.05) is 6.07 Å². The molecule has 0 atom stereocenters. The molecule has 0 saturated heterocycles. The normalized spacial score (nSPS) is 20.1. The third-order valence-corrected chi connectivity index (χ3v) is 3.54. The van der Waals surface area contributed by atoms with Crippen LogP contribution in [-0.2, 0) is 11.3 Å². The van der Waals surface area contributed by atoms with Gasteiger partial charge in [0, 0.05) is 5.41 Å². The third-order valence-electron chi connectivity index (χ3n) is 3.54. The van der Waals surface area contributed by atoms with Crippen LogP contribution >= 0.6 is 0 Å². The monoisotopic (exact) mass is 235 g/mol. The molecular weight excluding hydrogens is 218 g/mol. The third kappa shape index (κ3) is 2.23. The van der Waals surface area contributed by atoms with E-state index in [0.717, 1.165) is 36.7 Å². The van der Waals surface area contributed by atoms with Crippen molar-refractivity contribution < 1.29 is 14.3 Å². The first kappa shape index (κ1) is 10.9. The molecule has 0 radical (unpaired) electrons. The Morgan fingerprint density at radius 3 is 2.65 bits per heavy atom. The van der Waals surface area contributed by atoms with Gasteiger partial charge in [0.25, 0.3) is 0 Å². The van der Waals surface area contributed by atoms with Gasteiger partial charge in [-0.15, -0.1) is 0 Å². The van der Waals surface area contributed by atoms with Crippen molar-refractivity contribution in [2.24, 2.45) is 11.3 Å². The van der Waals surface area contributed by atoms with Crippen molar-refractivity contribution in [2.75, 3.05) is 19.8 Å². The van der Waals surface area contributed by atoms with E-state index in [1.165, 1.54) is 12.8 Å². The highest BCUT2D eigenvalue weighted by molar-refractivity contribution is 5.43. The van der Waals surface area contributed by atoms with Crippen LogP contribution in [-0.4, -0.2) is 19.8 Å². The summed E-state index contributed by atoms with van der Waals surface area (Å²) in [5, 5.41) is 0. The van der Waals surface area contributed by atoms with Gasteiger partial charge in [0.05, 0.1) is 19.8 Å². The van der Waals surface area contributed by atoms with Crippen LogP contribution in [0.5, 0.6) is 11.5 Å². The predicted octanol–water partition coefficient (Wildman–Crippen LogP) is 1.67. The molecule has 0 bridgehead atoms. The maximum absolute atomic E-state index is 5.85. The van der Waals surface area contributed by atoms with Crippen LogP contribution in [0.1, 0.15) is 18.4 Å². The van der Waals surface area contributed by atoms with E-state index in [0.29, 0.717) is 12.0 Å². The van der Waals surface area contributed by atoms with E-state index >= 15 is 0 Å². The number of ether oxygens (including phenoxy) is 2. The highest BCUT2D eigenvalue weighted by Gasteiger charge is 2.46. The second kappa shape index (κ2) is 4.20. The Balaban J connectivity index is 1.76. The molecule has 1 aromatic carbocycles. The average molecular weight is 235 g/mol. The van der Waals surface area contributed by atoms with Crippen LogP contribution in [0.15, 0.2) is 18.2 Å². The van der Waals surface area contributed by atoms with Crippen molar-refractivity contribution in [3.8, 4) is 11.5 Å². The topological polar surface area (TPSA) is 53.7 Å². The second-order valence-electron chi connectivity index (χ2n) is 4.98. The van der Waals surface area contributed by atoms with Crippen molar-refractivity contribution in [2.45, 2.75) is 19.3 Å². The van der Waals surface area contributed by atoms with Crippen molar-refractivity contribution >= 4 is 0 Å². The summed E-state index contributed by atoms with van der Waals surface area (Å²) in [5.41, 5.74) is 1.45. The number of hydrogen-bond acceptors (Lipinski definition) is 4. The molecule has 0 unspecified atom stereocenters. The fourth-order valence-electron chi connectivity index (χ4n) is 2.09. The molecule has 1 aromatic rings. The van der Waals surface area contributed by atoms with Gasteiger partial charge in [-0.2, -0.15) is 0 Å². The summed E-state index contributed by atoms with van der Waals surface area (Å²) >= 11 is 0.